The minimum Gasteiger partial charge on any atom is -0.482 e. The first-order chi connectivity index (χ1) is 9.54. The molecular formula is C14H17N3O3. The smallest absolute Gasteiger partial charge is 0.262 e. The maximum Gasteiger partial charge on any atom is 0.262 e. The van der Waals surface area contributed by atoms with Crippen molar-refractivity contribution in [2.24, 2.45) is 5.73 Å². The van der Waals surface area contributed by atoms with E-state index >= 15 is 0 Å². The fourth-order valence-electron chi connectivity index (χ4n) is 2.49. The van der Waals surface area contributed by atoms with Gasteiger partial charge in [0.05, 0.1) is 5.69 Å². The van der Waals surface area contributed by atoms with E-state index in [4.69, 9.17) is 10.5 Å². The summed E-state index contributed by atoms with van der Waals surface area (Å²) in [6.07, 6.45) is 3.21. The molecule has 6 nitrogen and oxygen atoms in total. The summed E-state index contributed by atoms with van der Waals surface area (Å²) in [4.78, 5) is 23.2. The van der Waals surface area contributed by atoms with Crippen LogP contribution in [0.2, 0.25) is 0 Å². The molecule has 0 atom stereocenters. The van der Waals surface area contributed by atoms with Gasteiger partial charge in [0, 0.05) is 17.6 Å². The van der Waals surface area contributed by atoms with Crippen LogP contribution in [-0.2, 0) is 9.59 Å². The molecule has 0 aromatic heterocycles. The number of anilines is 2. The molecule has 20 heavy (non-hydrogen) atoms. The third-order valence-corrected chi connectivity index (χ3v) is 3.76. The SMILES string of the molecule is NC1(CC(=O)Nc2ccc3c(c2)NC(=O)CO3)CCC1. The first-order valence-corrected chi connectivity index (χ1v) is 6.70. The van der Waals surface area contributed by atoms with Crippen LogP contribution in [0.15, 0.2) is 18.2 Å². The molecule has 2 amide bonds. The number of hydrogen-bond acceptors (Lipinski definition) is 4. The molecule has 0 saturated heterocycles. The van der Waals surface area contributed by atoms with Crippen LogP contribution in [-0.4, -0.2) is 24.0 Å². The number of carbonyl (C=O) groups is 2. The Morgan fingerprint density at radius 2 is 2.25 bits per heavy atom. The van der Waals surface area contributed by atoms with Crippen molar-refractivity contribution in [3.8, 4) is 5.75 Å². The molecule has 0 radical (unpaired) electrons. The van der Waals surface area contributed by atoms with Crippen LogP contribution in [0.5, 0.6) is 5.75 Å². The van der Waals surface area contributed by atoms with Crippen molar-refractivity contribution in [3.63, 3.8) is 0 Å². The summed E-state index contributed by atoms with van der Waals surface area (Å²) in [7, 11) is 0. The van der Waals surface area contributed by atoms with Crippen LogP contribution in [0.25, 0.3) is 0 Å². The number of fused-ring (bicyclic) bond motifs is 1. The minimum absolute atomic E-state index is 0.0222. The van der Waals surface area contributed by atoms with E-state index in [0.717, 1.165) is 19.3 Å². The van der Waals surface area contributed by atoms with Crippen LogP contribution >= 0.6 is 0 Å². The lowest BCUT2D eigenvalue weighted by atomic mass is 9.75. The third-order valence-electron chi connectivity index (χ3n) is 3.76. The highest BCUT2D eigenvalue weighted by molar-refractivity contribution is 5.97. The Balaban J connectivity index is 1.67. The summed E-state index contributed by atoms with van der Waals surface area (Å²) >= 11 is 0. The van der Waals surface area contributed by atoms with Gasteiger partial charge in [0.15, 0.2) is 6.61 Å². The molecule has 6 heteroatoms. The van der Waals surface area contributed by atoms with Gasteiger partial charge in [-0.1, -0.05) is 0 Å². The molecule has 3 rings (SSSR count). The van der Waals surface area contributed by atoms with Crippen molar-refractivity contribution in [2.75, 3.05) is 17.2 Å². The second-order valence-corrected chi connectivity index (χ2v) is 5.49. The maximum absolute atomic E-state index is 11.9. The highest BCUT2D eigenvalue weighted by Crippen LogP contribution is 2.33. The first kappa shape index (κ1) is 12.9. The van der Waals surface area contributed by atoms with E-state index in [-0.39, 0.29) is 24.0 Å². The summed E-state index contributed by atoms with van der Waals surface area (Å²) in [6.45, 7) is 0.0222. The van der Waals surface area contributed by atoms with Crippen LogP contribution in [0.1, 0.15) is 25.7 Å². The standard InChI is InChI=1S/C14H17N3O3/c15-14(4-1-5-14)7-12(18)16-9-2-3-11-10(6-9)17-13(19)8-20-11/h2-3,6H,1,4-5,7-8,15H2,(H,16,18)(H,17,19). The van der Waals surface area contributed by atoms with E-state index in [9.17, 15) is 9.59 Å². The van der Waals surface area contributed by atoms with Gasteiger partial charge >= 0.3 is 0 Å². The van der Waals surface area contributed by atoms with Crippen molar-refractivity contribution in [1.29, 1.82) is 0 Å². The topological polar surface area (TPSA) is 93.5 Å². The van der Waals surface area contributed by atoms with Crippen molar-refractivity contribution < 1.29 is 14.3 Å². The highest BCUT2D eigenvalue weighted by atomic mass is 16.5. The van der Waals surface area contributed by atoms with Crippen LogP contribution in [0.3, 0.4) is 0 Å². The molecule has 1 saturated carbocycles. The Morgan fingerprint density at radius 3 is 2.95 bits per heavy atom. The average molecular weight is 275 g/mol. The summed E-state index contributed by atoms with van der Waals surface area (Å²) < 4.78 is 5.26. The van der Waals surface area contributed by atoms with Gasteiger partial charge in [-0.25, -0.2) is 0 Å². The lowest BCUT2D eigenvalue weighted by Crippen LogP contribution is -2.48. The van der Waals surface area contributed by atoms with E-state index in [2.05, 4.69) is 10.6 Å². The Labute approximate surface area is 116 Å². The fraction of sp³-hybridized carbons (Fsp3) is 0.429. The molecule has 2 aliphatic rings. The lowest BCUT2D eigenvalue weighted by molar-refractivity contribution is -0.119. The van der Waals surface area contributed by atoms with Gasteiger partial charge in [-0.2, -0.15) is 0 Å². The zero-order valence-electron chi connectivity index (χ0n) is 11.1. The van der Waals surface area contributed by atoms with E-state index in [1.807, 2.05) is 0 Å². The number of rotatable bonds is 3. The molecule has 106 valence electrons. The van der Waals surface area contributed by atoms with Gasteiger partial charge < -0.3 is 21.1 Å². The van der Waals surface area contributed by atoms with Gasteiger partial charge in [0.2, 0.25) is 5.91 Å². The quantitative estimate of drug-likeness (QED) is 0.773. The zero-order valence-corrected chi connectivity index (χ0v) is 11.1. The fourth-order valence-corrected chi connectivity index (χ4v) is 2.49. The molecule has 4 N–H and O–H groups in total. The number of carbonyl (C=O) groups excluding carboxylic acids is 2. The minimum atomic E-state index is -0.338. The van der Waals surface area contributed by atoms with E-state index < -0.39 is 0 Å². The van der Waals surface area contributed by atoms with Gasteiger partial charge in [0.25, 0.3) is 5.91 Å². The van der Waals surface area contributed by atoms with Crippen LogP contribution < -0.4 is 21.1 Å². The predicted octanol–water partition coefficient (Wildman–Crippen LogP) is 1.23. The highest BCUT2D eigenvalue weighted by Gasteiger charge is 2.34. The molecule has 0 spiro atoms. The molecular weight excluding hydrogens is 258 g/mol. The molecule has 1 aromatic rings. The van der Waals surface area contributed by atoms with Crippen molar-refractivity contribution >= 4 is 23.2 Å². The van der Waals surface area contributed by atoms with E-state index in [0.29, 0.717) is 23.5 Å². The number of hydrogen-bond donors (Lipinski definition) is 3. The average Bonchev–Trinajstić information content (AvgIpc) is 2.36. The molecule has 1 aliphatic heterocycles. The van der Waals surface area contributed by atoms with Crippen LogP contribution in [0.4, 0.5) is 11.4 Å². The number of nitrogens with two attached hydrogens (primary N) is 1. The number of amides is 2. The molecule has 1 aliphatic carbocycles. The van der Waals surface area contributed by atoms with Crippen molar-refractivity contribution in [3.05, 3.63) is 18.2 Å². The molecule has 0 unspecified atom stereocenters. The Hall–Kier alpha value is -2.08. The first-order valence-electron chi connectivity index (χ1n) is 6.70. The summed E-state index contributed by atoms with van der Waals surface area (Å²) in [5.41, 5.74) is 6.91. The van der Waals surface area contributed by atoms with E-state index in [1.165, 1.54) is 0 Å². The van der Waals surface area contributed by atoms with Gasteiger partial charge in [0.1, 0.15) is 5.75 Å². The molecule has 1 aromatic carbocycles. The zero-order chi connectivity index (χ0) is 14.2. The monoisotopic (exact) mass is 275 g/mol. The Kier molecular flexibility index (Phi) is 3.10. The number of benzene rings is 1. The Bertz CT molecular complexity index is 567. The third kappa shape index (κ3) is 2.60. The second-order valence-electron chi connectivity index (χ2n) is 5.49. The van der Waals surface area contributed by atoms with Crippen molar-refractivity contribution in [1.82, 2.24) is 0 Å². The van der Waals surface area contributed by atoms with Gasteiger partial charge in [-0.05, 0) is 37.5 Å². The van der Waals surface area contributed by atoms with E-state index in [1.54, 1.807) is 18.2 Å². The maximum atomic E-state index is 11.9. The molecule has 1 heterocycles. The van der Waals surface area contributed by atoms with Crippen LogP contribution in [0, 0.1) is 0 Å². The Morgan fingerprint density at radius 1 is 1.45 bits per heavy atom. The number of ether oxygens (including phenoxy) is 1. The lowest BCUT2D eigenvalue weighted by Gasteiger charge is -2.37. The second kappa shape index (κ2) is 4.79. The predicted molar refractivity (Wildman–Crippen MR) is 74.6 cm³/mol. The number of nitrogens with one attached hydrogen (secondary N) is 2. The summed E-state index contributed by atoms with van der Waals surface area (Å²) in [5.74, 6) is 0.309. The van der Waals surface area contributed by atoms with Crippen molar-refractivity contribution in [2.45, 2.75) is 31.2 Å². The molecule has 1 fully saturated rings. The van der Waals surface area contributed by atoms with Gasteiger partial charge in [-0.15, -0.1) is 0 Å². The van der Waals surface area contributed by atoms with Gasteiger partial charge in [-0.3, -0.25) is 9.59 Å². The normalized spacial score (nSPS) is 19.1. The largest absolute Gasteiger partial charge is 0.482 e. The molecule has 0 bridgehead atoms. The summed E-state index contributed by atoms with van der Waals surface area (Å²) in [5, 5.41) is 5.51. The summed E-state index contributed by atoms with van der Waals surface area (Å²) in [6, 6.07) is 5.17.